The quantitative estimate of drug-likeness (QED) is 0.210. The van der Waals surface area contributed by atoms with Gasteiger partial charge in [-0.15, -0.1) is 0 Å². The number of carbonyl (C=O) groups is 3. The smallest absolute Gasteiger partial charge is 0.343 e. The number of hydrogen-bond donors (Lipinski definition) is 2. The molecule has 0 fully saturated rings. The van der Waals surface area contributed by atoms with E-state index in [0.717, 1.165) is 11.6 Å². The second-order valence-electron chi connectivity index (χ2n) is 6.77. The van der Waals surface area contributed by atoms with Crippen molar-refractivity contribution in [2.45, 2.75) is 13.8 Å². The predicted molar refractivity (Wildman–Crippen MR) is 118 cm³/mol. The number of benzene rings is 3. The maximum absolute atomic E-state index is 13.6. The number of nitrogens with zero attached hydrogens (tertiary/aromatic N) is 1. The van der Waals surface area contributed by atoms with Gasteiger partial charge in [0.1, 0.15) is 11.6 Å². The van der Waals surface area contributed by atoms with E-state index in [1.807, 2.05) is 6.07 Å². The summed E-state index contributed by atoms with van der Waals surface area (Å²) in [6.07, 6.45) is 0. The lowest BCUT2D eigenvalue weighted by atomic mass is 10.1. The molecule has 0 bridgehead atoms. The van der Waals surface area contributed by atoms with Crippen LogP contribution in [0.1, 0.15) is 28.4 Å². The van der Waals surface area contributed by atoms with Crippen molar-refractivity contribution < 1.29 is 23.5 Å². The summed E-state index contributed by atoms with van der Waals surface area (Å²) in [4.78, 5) is 36.6. The van der Waals surface area contributed by atoms with E-state index in [0.29, 0.717) is 16.8 Å². The second-order valence-corrected chi connectivity index (χ2v) is 6.77. The van der Waals surface area contributed by atoms with Crippen molar-refractivity contribution in [1.82, 2.24) is 5.43 Å². The van der Waals surface area contributed by atoms with Gasteiger partial charge in [-0.1, -0.05) is 42.5 Å². The van der Waals surface area contributed by atoms with Crippen LogP contribution in [0.15, 0.2) is 77.9 Å². The number of hydrazone groups is 1. The number of nitrogens with one attached hydrogen (secondary N) is 2. The third kappa shape index (κ3) is 5.42. The van der Waals surface area contributed by atoms with Crippen LogP contribution < -0.4 is 15.5 Å². The molecule has 0 aliphatic carbocycles. The van der Waals surface area contributed by atoms with Crippen LogP contribution in [-0.2, 0) is 9.59 Å². The van der Waals surface area contributed by atoms with Crippen molar-refractivity contribution in [2.24, 2.45) is 5.10 Å². The summed E-state index contributed by atoms with van der Waals surface area (Å²) >= 11 is 0. The molecule has 7 nitrogen and oxygen atoms in total. The number of halogens is 1. The summed E-state index contributed by atoms with van der Waals surface area (Å²) in [5, 5.41) is 6.08. The molecule has 0 spiro atoms. The van der Waals surface area contributed by atoms with Gasteiger partial charge in [0, 0.05) is 5.56 Å². The summed E-state index contributed by atoms with van der Waals surface area (Å²) in [6, 6.07) is 19.2. The zero-order chi connectivity index (χ0) is 23.1. The Bertz CT molecular complexity index is 1210. The van der Waals surface area contributed by atoms with Crippen molar-refractivity contribution in [3.8, 4) is 5.75 Å². The molecule has 2 N–H and O–H groups in total. The van der Waals surface area contributed by atoms with E-state index < -0.39 is 23.6 Å². The first-order valence-corrected chi connectivity index (χ1v) is 9.64. The van der Waals surface area contributed by atoms with Gasteiger partial charge in [0.2, 0.25) is 0 Å². The Hall–Kier alpha value is -4.33. The fourth-order valence-electron chi connectivity index (χ4n) is 2.80. The molecule has 3 rings (SSSR count). The Labute approximate surface area is 183 Å². The van der Waals surface area contributed by atoms with Crippen molar-refractivity contribution in [3.05, 3.63) is 95.3 Å². The van der Waals surface area contributed by atoms with Crippen molar-refractivity contribution in [1.29, 1.82) is 0 Å². The van der Waals surface area contributed by atoms with E-state index in [1.54, 1.807) is 56.3 Å². The number of esters is 1. The Morgan fingerprint density at radius 2 is 1.47 bits per heavy atom. The Kier molecular flexibility index (Phi) is 7.07. The van der Waals surface area contributed by atoms with Crippen LogP contribution in [0.4, 0.5) is 10.1 Å². The molecule has 2 amide bonds. The van der Waals surface area contributed by atoms with Crippen LogP contribution in [0.25, 0.3) is 0 Å². The lowest BCUT2D eigenvalue weighted by Gasteiger charge is -2.11. The number of anilines is 1. The van der Waals surface area contributed by atoms with Gasteiger partial charge >= 0.3 is 17.8 Å². The Morgan fingerprint density at radius 3 is 2.19 bits per heavy atom. The molecule has 0 heterocycles. The maximum atomic E-state index is 13.6. The first-order chi connectivity index (χ1) is 15.4. The number of para-hydroxylation sites is 2. The molecule has 0 saturated carbocycles. The zero-order valence-corrected chi connectivity index (χ0v) is 17.4. The van der Waals surface area contributed by atoms with E-state index >= 15 is 0 Å². The highest BCUT2D eigenvalue weighted by molar-refractivity contribution is 6.39. The Balaban J connectivity index is 1.71. The zero-order valence-electron chi connectivity index (χ0n) is 17.4. The van der Waals surface area contributed by atoms with Gasteiger partial charge in [-0.3, -0.25) is 9.59 Å². The molecule has 0 aliphatic heterocycles. The monoisotopic (exact) mass is 433 g/mol. The molecule has 0 saturated heterocycles. The third-order valence-corrected chi connectivity index (χ3v) is 4.50. The molecule has 3 aromatic carbocycles. The van der Waals surface area contributed by atoms with Crippen LogP contribution >= 0.6 is 0 Å². The van der Waals surface area contributed by atoms with Crippen LogP contribution in [0.3, 0.4) is 0 Å². The van der Waals surface area contributed by atoms with Gasteiger partial charge < -0.3 is 10.1 Å². The lowest BCUT2D eigenvalue weighted by Crippen LogP contribution is -2.33. The van der Waals surface area contributed by atoms with Crippen LogP contribution in [-0.4, -0.2) is 23.5 Å². The molecule has 0 atom stereocenters. The molecule has 0 radical (unpaired) electrons. The van der Waals surface area contributed by atoms with Crippen molar-refractivity contribution in [3.63, 3.8) is 0 Å². The normalized spacial score (nSPS) is 10.9. The maximum Gasteiger partial charge on any atom is 0.343 e. The summed E-state index contributed by atoms with van der Waals surface area (Å²) < 4.78 is 19.2. The first kappa shape index (κ1) is 22.4. The third-order valence-electron chi connectivity index (χ3n) is 4.50. The first-order valence-electron chi connectivity index (χ1n) is 9.64. The molecular weight excluding hydrogens is 413 g/mol. The van der Waals surface area contributed by atoms with Crippen LogP contribution in [0.2, 0.25) is 0 Å². The van der Waals surface area contributed by atoms with Gasteiger partial charge in [0.25, 0.3) is 0 Å². The summed E-state index contributed by atoms with van der Waals surface area (Å²) in [5.74, 6) is -3.12. The minimum Gasteiger partial charge on any atom is -0.422 e. The van der Waals surface area contributed by atoms with Crippen LogP contribution in [0.5, 0.6) is 5.75 Å². The van der Waals surface area contributed by atoms with E-state index in [2.05, 4.69) is 15.8 Å². The number of amides is 2. The predicted octanol–water partition coefficient (Wildman–Crippen LogP) is 3.83. The molecule has 0 aliphatic rings. The van der Waals surface area contributed by atoms with Gasteiger partial charge in [-0.05, 0) is 49.7 Å². The average molecular weight is 433 g/mol. The fraction of sp³-hybridized carbons (Fsp3) is 0.0833. The highest BCUT2D eigenvalue weighted by Gasteiger charge is 2.17. The largest absolute Gasteiger partial charge is 0.422 e. The second kappa shape index (κ2) is 10.1. The van der Waals surface area contributed by atoms with E-state index in [1.165, 1.54) is 18.2 Å². The highest BCUT2D eigenvalue weighted by atomic mass is 19.1. The van der Waals surface area contributed by atoms with Crippen molar-refractivity contribution >= 4 is 29.2 Å². The van der Waals surface area contributed by atoms with Crippen molar-refractivity contribution in [2.75, 3.05) is 5.32 Å². The standard InChI is InChI=1S/C24H20FN3O4/c1-15-9-3-4-10-17(15)24(31)32-21-14-8-5-11-18(21)16(2)27-28-23(30)22(29)26-20-13-7-6-12-19(20)25/h3-14H,1-2H3,(H,26,29)(H,28,30). The fourth-order valence-corrected chi connectivity index (χ4v) is 2.80. The van der Waals surface area contributed by atoms with E-state index in [-0.39, 0.29) is 11.4 Å². The Morgan fingerprint density at radius 1 is 0.844 bits per heavy atom. The molecule has 162 valence electrons. The summed E-state index contributed by atoms with van der Waals surface area (Å²) in [7, 11) is 0. The topological polar surface area (TPSA) is 96.9 Å². The molecular formula is C24H20FN3O4. The highest BCUT2D eigenvalue weighted by Crippen LogP contribution is 2.21. The number of rotatable bonds is 5. The number of hydrogen-bond acceptors (Lipinski definition) is 5. The number of aryl methyl sites for hydroxylation is 1. The average Bonchev–Trinajstić information content (AvgIpc) is 2.79. The van der Waals surface area contributed by atoms with E-state index in [4.69, 9.17) is 4.74 Å². The molecule has 3 aromatic rings. The molecule has 8 heteroatoms. The van der Waals surface area contributed by atoms with Gasteiger partial charge in [0.05, 0.1) is 17.0 Å². The lowest BCUT2D eigenvalue weighted by molar-refractivity contribution is -0.136. The minimum atomic E-state index is -1.08. The van der Waals surface area contributed by atoms with E-state index in [9.17, 15) is 18.8 Å². The molecule has 32 heavy (non-hydrogen) atoms. The van der Waals surface area contributed by atoms with Gasteiger partial charge in [-0.25, -0.2) is 14.6 Å². The minimum absolute atomic E-state index is 0.123. The number of carbonyl (C=O) groups excluding carboxylic acids is 3. The SMILES string of the molecule is CC(=NNC(=O)C(=O)Nc1ccccc1F)c1ccccc1OC(=O)c1ccccc1C. The summed E-state index contributed by atoms with van der Waals surface area (Å²) in [6.45, 7) is 3.38. The van der Waals surface area contributed by atoms with Crippen LogP contribution in [0, 0.1) is 12.7 Å². The number of ether oxygens (including phenoxy) is 1. The summed E-state index contributed by atoms with van der Waals surface area (Å²) in [5.41, 5.74) is 3.94. The van der Waals surface area contributed by atoms with Gasteiger partial charge in [-0.2, -0.15) is 5.10 Å². The molecule has 0 unspecified atom stereocenters. The van der Waals surface area contributed by atoms with Gasteiger partial charge in [0.15, 0.2) is 0 Å². The molecule has 0 aromatic heterocycles.